The van der Waals surface area contributed by atoms with Gasteiger partial charge in [-0.2, -0.15) is 13.2 Å². The molecule has 0 amide bonds. The predicted molar refractivity (Wildman–Crippen MR) is 112 cm³/mol. The normalized spacial score (nSPS) is 11.5. The van der Waals surface area contributed by atoms with Gasteiger partial charge in [-0.3, -0.25) is 9.78 Å². The Balaban J connectivity index is 1.58. The van der Waals surface area contributed by atoms with Crippen LogP contribution in [-0.2, 0) is 12.8 Å². The van der Waals surface area contributed by atoms with Crippen molar-refractivity contribution in [2.75, 3.05) is 0 Å². The summed E-state index contributed by atoms with van der Waals surface area (Å²) in [5, 5.41) is 0.732. The van der Waals surface area contributed by atoms with Gasteiger partial charge in [0.25, 0.3) is 0 Å². The van der Waals surface area contributed by atoms with Crippen molar-refractivity contribution in [3.8, 4) is 5.75 Å². The van der Waals surface area contributed by atoms with Crippen molar-refractivity contribution in [2.24, 2.45) is 0 Å². The van der Waals surface area contributed by atoms with Gasteiger partial charge in [0.15, 0.2) is 5.78 Å². The number of carbonyl (C=O) groups excluding carboxylic acids is 1. The molecule has 156 valence electrons. The van der Waals surface area contributed by atoms with E-state index in [1.54, 1.807) is 18.2 Å². The van der Waals surface area contributed by atoms with Gasteiger partial charge in [-0.25, -0.2) is 0 Å². The van der Waals surface area contributed by atoms with E-state index in [2.05, 4.69) is 4.98 Å². The molecular formula is C24H15ClF3NO2. The van der Waals surface area contributed by atoms with Gasteiger partial charge in [-0.15, -0.1) is 0 Å². The molecule has 0 bridgehead atoms. The van der Waals surface area contributed by atoms with Crippen molar-refractivity contribution in [1.29, 1.82) is 0 Å². The van der Waals surface area contributed by atoms with Gasteiger partial charge in [0.1, 0.15) is 12.4 Å². The molecule has 0 unspecified atom stereocenters. The third-order valence-electron chi connectivity index (χ3n) is 4.74. The van der Waals surface area contributed by atoms with E-state index in [0.717, 1.165) is 29.8 Å². The molecule has 4 rings (SSSR count). The Morgan fingerprint density at radius 1 is 0.968 bits per heavy atom. The molecule has 0 N–H and O–H groups in total. The second-order valence-corrected chi connectivity index (χ2v) is 7.22. The topological polar surface area (TPSA) is 39.2 Å². The molecule has 0 saturated carbocycles. The quantitative estimate of drug-likeness (QED) is 0.323. The number of fused-ring (bicyclic) bond motifs is 1. The molecule has 0 radical (unpaired) electrons. The number of aromatic nitrogens is 1. The first-order chi connectivity index (χ1) is 14.8. The highest BCUT2D eigenvalue weighted by Gasteiger charge is 2.30. The van der Waals surface area contributed by atoms with Crippen molar-refractivity contribution < 1.29 is 22.7 Å². The van der Waals surface area contributed by atoms with Gasteiger partial charge in [0.05, 0.1) is 21.7 Å². The van der Waals surface area contributed by atoms with Gasteiger partial charge < -0.3 is 4.74 Å². The standard InChI is InChI=1S/C24H15ClF3NO2/c25-22-19-11-10-18(31-14-15-4-2-1-3-5-15)12-21(19)29-13-20(22)23(30)16-6-8-17(9-7-16)24(26,27)28/h1-13H,14H2. The van der Waals surface area contributed by atoms with Gasteiger partial charge in [0, 0.05) is 23.2 Å². The summed E-state index contributed by atoms with van der Waals surface area (Å²) in [6.07, 6.45) is -3.14. The number of hydrogen-bond donors (Lipinski definition) is 0. The number of pyridine rings is 1. The summed E-state index contributed by atoms with van der Waals surface area (Å²) in [5.41, 5.74) is 0.950. The number of rotatable bonds is 5. The predicted octanol–water partition coefficient (Wildman–Crippen LogP) is 6.72. The van der Waals surface area contributed by atoms with Crippen molar-refractivity contribution in [2.45, 2.75) is 12.8 Å². The molecule has 0 spiro atoms. The Morgan fingerprint density at radius 2 is 1.68 bits per heavy atom. The maximum atomic E-state index is 12.8. The number of benzene rings is 3. The van der Waals surface area contributed by atoms with E-state index >= 15 is 0 Å². The van der Waals surface area contributed by atoms with E-state index in [9.17, 15) is 18.0 Å². The van der Waals surface area contributed by atoms with E-state index < -0.39 is 17.5 Å². The summed E-state index contributed by atoms with van der Waals surface area (Å²) in [7, 11) is 0. The van der Waals surface area contributed by atoms with E-state index in [1.807, 2.05) is 30.3 Å². The van der Waals surface area contributed by atoms with Crippen LogP contribution in [0.15, 0.2) is 79.0 Å². The first-order valence-corrected chi connectivity index (χ1v) is 9.67. The minimum absolute atomic E-state index is 0.0962. The number of ketones is 1. The average molecular weight is 442 g/mol. The third-order valence-corrected chi connectivity index (χ3v) is 5.15. The minimum atomic E-state index is -4.47. The highest BCUT2D eigenvalue weighted by Crippen LogP contribution is 2.32. The van der Waals surface area contributed by atoms with E-state index in [-0.39, 0.29) is 16.1 Å². The molecule has 3 nitrogen and oxygen atoms in total. The highest BCUT2D eigenvalue weighted by molar-refractivity contribution is 6.39. The molecule has 4 aromatic rings. The first-order valence-electron chi connectivity index (χ1n) is 9.30. The van der Waals surface area contributed by atoms with Crippen LogP contribution in [0.3, 0.4) is 0 Å². The third kappa shape index (κ3) is 4.54. The molecule has 3 aromatic carbocycles. The Morgan fingerprint density at radius 3 is 2.35 bits per heavy atom. The molecule has 0 fully saturated rings. The summed E-state index contributed by atoms with van der Waals surface area (Å²) in [4.78, 5) is 17.1. The molecule has 0 aliphatic carbocycles. The summed E-state index contributed by atoms with van der Waals surface area (Å²) < 4.78 is 44.0. The van der Waals surface area contributed by atoms with Crippen molar-refractivity contribution in [3.05, 3.63) is 106 Å². The fraction of sp³-hybridized carbons (Fsp3) is 0.0833. The lowest BCUT2D eigenvalue weighted by Gasteiger charge is -2.10. The largest absolute Gasteiger partial charge is 0.489 e. The van der Waals surface area contributed by atoms with Crippen LogP contribution in [-0.4, -0.2) is 10.8 Å². The Bertz CT molecular complexity index is 1240. The molecule has 7 heteroatoms. The van der Waals surface area contributed by atoms with Crippen molar-refractivity contribution in [3.63, 3.8) is 0 Å². The Hall–Kier alpha value is -3.38. The summed E-state index contributed by atoms with van der Waals surface area (Å²) in [6, 6.07) is 18.8. The molecule has 0 saturated heterocycles. The lowest BCUT2D eigenvalue weighted by molar-refractivity contribution is -0.137. The maximum Gasteiger partial charge on any atom is 0.416 e. The molecule has 0 aliphatic rings. The van der Waals surface area contributed by atoms with Gasteiger partial charge in [0.2, 0.25) is 0 Å². The van der Waals surface area contributed by atoms with E-state index in [1.165, 1.54) is 6.20 Å². The van der Waals surface area contributed by atoms with E-state index in [0.29, 0.717) is 23.3 Å². The second kappa shape index (κ2) is 8.40. The molecule has 31 heavy (non-hydrogen) atoms. The minimum Gasteiger partial charge on any atom is -0.489 e. The van der Waals surface area contributed by atoms with Crippen LogP contribution in [0.1, 0.15) is 27.0 Å². The highest BCUT2D eigenvalue weighted by atomic mass is 35.5. The number of ether oxygens (including phenoxy) is 1. The number of nitrogens with zero attached hydrogens (tertiary/aromatic N) is 1. The lowest BCUT2D eigenvalue weighted by atomic mass is 10.0. The zero-order chi connectivity index (χ0) is 22.0. The summed E-state index contributed by atoms with van der Waals surface area (Å²) in [5.74, 6) is 0.0965. The van der Waals surface area contributed by atoms with Gasteiger partial charge in [-0.05, 0) is 29.8 Å². The monoisotopic (exact) mass is 441 g/mol. The maximum absolute atomic E-state index is 12.8. The van der Waals surface area contributed by atoms with Crippen LogP contribution in [0.4, 0.5) is 13.2 Å². The number of alkyl halides is 3. The average Bonchev–Trinajstić information content (AvgIpc) is 2.78. The van der Waals surface area contributed by atoms with Crippen LogP contribution < -0.4 is 4.74 Å². The van der Waals surface area contributed by atoms with Crippen LogP contribution in [0.2, 0.25) is 5.02 Å². The smallest absolute Gasteiger partial charge is 0.416 e. The van der Waals surface area contributed by atoms with Crippen LogP contribution in [0.5, 0.6) is 5.75 Å². The summed E-state index contributed by atoms with van der Waals surface area (Å²) >= 11 is 6.43. The van der Waals surface area contributed by atoms with Crippen molar-refractivity contribution >= 4 is 28.3 Å². The number of halogens is 4. The number of carbonyl (C=O) groups is 1. The van der Waals surface area contributed by atoms with Crippen molar-refractivity contribution in [1.82, 2.24) is 4.98 Å². The summed E-state index contributed by atoms with van der Waals surface area (Å²) in [6.45, 7) is 0.393. The molecule has 0 atom stereocenters. The lowest BCUT2D eigenvalue weighted by Crippen LogP contribution is -2.07. The van der Waals surface area contributed by atoms with E-state index in [4.69, 9.17) is 16.3 Å². The first kappa shape index (κ1) is 20.9. The van der Waals surface area contributed by atoms with Crippen LogP contribution >= 0.6 is 11.6 Å². The van der Waals surface area contributed by atoms with Gasteiger partial charge in [-0.1, -0.05) is 54.1 Å². The molecule has 1 aromatic heterocycles. The fourth-order valence-electron chi connectivity index (χ4n) is 3.09. The number of hydrogen-bond acceptors (Lipinski definition) is 3. The van der Waals surface area contributed by atoms with Crippen LogP contribution in [0, 0.1) is 0 Å². The zero-order valence-electron chi connectivity index (χ0n) is 16.0. The molecular weight excluding hydrogens is 427 g/mol. The van der Waals surface area contributed by atoms with Crippen LogP contribution in [0.25, 0.3) is 10.9 Å². The SMILES string of the molecule is O=C(c1ccc(C(F)(F)F)cc1)c1cnc2cc(OCc3ccccc3)ccc2c1Cl. The zero-order valence-corrected chi connectivity index (χ0v) is 16.7. The molecule has 1 heterocycles. The van der Waals surface area contributed by atoms with Gasteiger partial charge >= 0.3 is 6.18 Å². The fourth-order valence-corrected chi connectivity index (χ4v) is 3.39. The Kier molecular flexibility index (Phi) is 5.65. The Labute approximate surface area is 181 Å². The molecule has 0 aliphatic heterocycles. The second-order valence-electron chi connectivity index (χ2n) is 6.84.